The van der Waals surface area contributed by atoms with E-state index in [0.29, 0.717) is 13.1 Å². The van der Waals surface area contributed by atoms with Crippen molar-refractivity contribution in [2.45, 2.75) is 17.7 Å². The van der Waals surface area contributed by atoms with Crippen molar-refractivity contribution in [1.29, 1.82) is 0 Å². The number of hydrogen-bond donors (Lipinski definition) is 2. The summed E-state index contributed by atoms with van der Waals surface area (Å²) in [6, 6.07) is 4.60. The topological polar surface area (TPSA) is 122 Å². The van der Waals surface area contributed by atoms with Crippen molar-refractivity contribution in [1.82, 2.24) is 14.9 Å². The Morgan fingerprint density at radius 2 is 1.92 bits per heavy atom. The average Bonchev–Trinajstić information content (AvgIpc) is 2.84. The summed E-state index contributed by atoms with van der Waals surface area (Å²) >= 11 is 0. The number of carbonyl (C=O) groups is 1. The van der Waals surface area contributed by atoms with Crippen LogP contribution >= 0.6 is 12.4 Å². The third kappa shape index (κ3) is 6.24. The van der Waals surface area contributed by atoms with Crippen molar-refractivity contribution < 1.29 is 18.1 Å². The monoisotopic (exact) mass is 392 g/mol. The van der Waals surface area contributed by atoms with Crippen molar-refractivity contribution in [3.8, 4) is 0 Å². The lowest BCUT2D eigenvalue weighted by Gasteiger charge is -2.19. The summed E-state index contributed by atoms with van der Waals surface area (Å²) in [5, 5.41) is 13.8. The number of nitrogens with one attached hydrogen (secondary N) is 2. The van der Waals surface area contributed by atoms with Crippen LogP contribution in [0.2, 0.25) is 0 Å². The lowest BCUT2D eigenvalue weighted by Crippen LogP contribution is -2.36. The van der Waals surface area contributed by atoms with E-state index < -0.39 is 14.9 Å². The van der Waals surface area contributed by atoms with Crippen molar-refractivity contribution in [3.05, 3.63) is 34.4 Å². The van der Waals surface area contributed by atoms with Gasteiger partial charge >= 0.3 is 0 Å². The number of sulfonamides is 1. The molecule has 0 bridgehead atoms. The molecular formula is C14H21ClN4O5S. The second-order valence-electron chi connectivity index (χ2n) is 5.38. The smallest absolute Gasteiger partial charge is 0.269 e. The lowest BCUT2D eigenvalue weighted by atomic mass is 10.3. The first kappa shape index (κ1) is 21.3. The minimum absolute atomic E-state index is 0. The van der Waals surface area contributed by atoms with E-state index in [-0.39, 0.29) is 41.9 Å². The molecule has 0 spiro atoms. The highest BCUT2D eigenvalue weighted by Gasteiger charge is 2.18. The molecule has 2 N–H and O–H groups in total. The van der Waals surface area contributed by atoms with Gasteiger partial charge in [0.25, 0.3) is 5.69 Å². The third-order valence-corrected chi connectivity index (χ3v) is 5.16. The van der Waals surface area contributed by atoms with E-state index in [1.807, 2.05) is 0 Å². The largest absolute Gasteiger partial charge is 0.341 e. The quantitative estimate of drug-likeness (QED) is 0.537. The van der Waals surface area contributed by atoms with Gasteiger partial charge in [-0.1, -0.05) is 0 Å². The maximum Gasteiger partial charge on any atom is 0.269 e. The molecule has 25 heavy (non-hydrogen) atoms. The van der Waals surface area contributed by atoms with E-state index in [1.54, 1.807) is 4.90 Å². The summed E-state index contributed by atoms with van der Waals surface area (Å²) in [6.45, 7) is 2.88. The molecule has 1 aliphatic heterocycles. The van der Waals surface area contributed by atoms with Crippen LogP contribution in [0, 0.1) is 10.1 Å². The molecule has 1 heterocycles. The van der Waals surface area contributed by atoms with Crippen LogP contribution in [0.15, 0.2) is 29.2 Å². The van der Waals surface area contributed by atoms with Gasteiger partial charge in [0.1, 0.15) is 0 Å². The molecule has 0 unspecified atom stereocenters. The van der Waals surface area contributed by atoms with Crippen LogP contribution in [-0.2, 0) is 14.8 Å². The van der Waals surface area contributed by atoms with Crippen molar-refractivity contribution >= 4 is 34.0 Å². The highest BCUT2D eigenvalue weighted by Crippen LogP contribution is 2.15. The first-order chi connectivity index (χ1) is 11.4. The summed E-state index contributed by atoms with van der Waals surface area (Å²) in [5.74, 6) is -0.0925. The van der Waals surface area contributed by atoms with Crippen LogP contribution in [0.4, 0.5) is 5.69 Å². The molecule has 1 aromatic carbocycles. The molecule has 1 aromatic rings. The van der Waals surface area contributed by atoms with E-state index in [9.17, 15) is 23.3 Å². The number of rotatable bonds is 6. The molecule has 1 amide bonds. The van der Waals surface area contributed by atoms with Gasteiger partial charge in [0.05, 0.1) is 9.82 Å². The predicted octanol–water partition coefficient (Wildman–Crippen LogP) is 0.507. The Balaban J connectivity index is 0.00000312. The standard InChI is InChI=1S/C14H20N4O5S.ClH/c19-14(17-10-1-7-15-9-11-17)6-8-16-24(22,23)13-4-2-12(3-5-13)18(20)21;/h2-5,15-16H,1,6-11H2;1H. The Morgan fingerprint density at radius 1 is 1.24 bits per heavy atom. The Morgan fingerprint density at radius 3 is 2.56 bits per heavy atom. The van der Waals surface area contributed by atoms with Gasteiger partial charge in [0.15, 0.2) is 0 Å². The summed E-state index contributed by atoms with van der Waals surface area (Å²) in [6.07, 6.45) is 0.951. The Hall–Kier alpha value is -1.75. The number of amides is 1. The van der Waals surface area contributed by atoms with Crippen LogP contribution in [0.1, 0.15) is 12.8 Å². The first-order valence-corrected chi connectivity index (χ1v) is 9.11. The fourth-order valence-electron chi connectivity index (χ4n) is 2.38. The highest BCUT2D eigenvalue weighted by atomic mass is 35.5. The average molecular weight is 393 g/mol. The zero-order chi connectivity index (χ0) is 17.6. The zero-order valence-corrected chi connectivity index (χ0v) is 15.1. The zero-order valence-electron chi connectivity index (χ0n) is 13.5. The SMILES string of the molecule is Cl.O=C(CCNS(=O)(=O)c1ccc([N+](=O)[O-])cc1)N1CCCNCC1. The van der Waals surface area contributed by atoms with Crippen LogP contribution in [-0.4, -0.2) is 56.9 Å². The Labute approximate surface area is 152 Å². The fourth-order valence-corrected chi connectivity index (χ4v) is 3.41. The number of non-ortho nitro benzene ring substituents is 1. The van der Waals surface area contributed by atoms with Crippen LogP contribution in [0.25, 0.3) is 0 Å². The normalized spacial score (nSPS) is 15.1. The maximum absolute atomic E-state index is 12.1. The van der Waals surface area contributed by atoms with E-state index in [4.69, 9.17) is 0 Å². The molecule has 1 aliphatic rings. The molecule has 1 saturated heterocycles. The van der Waals surface area contributed by atoms with Gasteiger partial charge < -0.3 is 10.2 Å². The van der Waals surface area contributed by atoms with Gasteiger partial charge in [-0.05, 0) is 25.1 Å². The second-order valence-corrected chi connectivity index (χ2v) is 7.15. The van der Waals surface area contributed by atoms with Gasteiger partial charge in [-0.2, -0.15) is 0 Å². The molecule has 11 heteroatoms. The molecule has 0 aliphatic carbocycles. The molecule has 2 rings (SSSR count). The number of nitrogens with zero attached hydrogens (tertiary/aromatic N) is 2. The van der Waals surface area contributed by atoms with Crippen LogP contribution in [0.3, 0.4) is 0 Å². The predicted molar refractivity (Wildman–Crippen MR) is 94.2 cm³/mol. The van der Waals surface area contributed by atoms with E-state index in [1.165, 1.54) is 12.1 Å². The lowest BCUT2D eigenvalue weighted by molar-refractivity contribution is -0.384. The molecule has 140 valence electrons. The summed E-state index contributed by atoms with van der Waals surface area (Å²) in [5.41, 5.74) is -0.182. The van der Waals surface area contributed by atoms with Crippen molar-refractivity contribution in [2.75, 3.05) is 32.7 Å². The Kier molecular flexibility index (Phi) is 8.23. The maximum atomic E-state index is 12.1. The van der Waals surface area contributed by atoms with Gasteiger partial charge in [0, 0.05) is 44.7 Å². The van der Waals surface area contributed by atoms with Crippen molar-refractivity contribution in [2.24, 2.45) is 0 Å². The molecule has 0 aromatic heterocycles. The molecular weight excluding hydrogens is 372 g/mol. The second kappa shape index (κ2) is 9.66. The molecule has 0 saturated carbocycles. The molecule has 0 radical (unpaired) electrons. The van der Waals surface area contributed by atoms with Crippen molar-refractivity contribution in [3.63, 3.8) is 0 Å². The molecule has 0 atom stereocenters. The fraction of sp³-hybridized carbons (Fsp3) is 0.500. The molecule has 9 nitrogen and oxygen atoms in total. The number of benzene rings is 1. The van der Waals surface area contributed by atoms with Gasteiger partial charge in [-0.15, -0.1) is 12.4 Å². The Bertz CT molecular complexity index is 688. The first-order valence-electron chi connectivity index (χ1n) is 7.63. The number of halogens is 1. The van der Waals surface area contributed by atoms with Gasteiger partial charge in [0.2, 0.25) is 15.9 Å². The summed E-state index contributed by atoms with van der Waals surface area (Å²) < 4.78 is 26.6. The van der Waals surface area contributed by atoms with Crippen LogP contribution < -0.4 is 10.0 Å². The minimum Gasteiger partial charge on any atom is -0.341 e. The number of hydrogen-bond acceptors (Lipinski definition) is 6. The van der Waals surface area contributed by atoms with Gasteiger partial charge in [-0.3, -0.25) is 14.9 Å². The van der Waals surface area contributed by atoms with E-state index in [2.05, 4.69) is 10.0 Å². The summed E-state index contributed by atoms with van der Waals surface area (Å²) in [4.78, 5) is 23.7. The number of carbonyl (C=O) groups excluding carboxylic acids is 1. The third-order valence-electron chi connectivity index (χ3n) is 3.68. The van der Waals surface area contributed by atoms with E-state index >= 15 is 0 Å². The number of nitro benzene ring substituents is 1. The highest BCUT2D eigenvalue weighted by molar-refractivity contribution is 7.89. The number of nitro groups is 1. The summed E-state index contributed by atoms with van der Waals surface area (Å²) in [7, 11) is -3.79. The molecule has 1 fully saturated rings. The minimum atomic E-state index is -3.79. The van der Waals surface area contributed by atoms with Gasteiger partial charge in [-0.25, -0.2) is 13.1 Å². The van der Waals surface area contributed by atoms with E-state index in [0.717, 1.165) is 31.6 Å². The van der Waals surface area contributed by atoms with Crippen LogP contribution in [0.5, 0.6) is 0 Å².